The number of fused-ring (bicyclic) bond motifs is 2. The van der Waals surface area contributed by atoms with Gasteiger partial charge in [0.2, 0.25) is 11.9 Å². The van der Waals surface area contributed by atoms with Gasteiger partial charge < -0.3 is 20.1 Å². The SMILES string of the molecule is COc1ccc(Nc2nc(Br)c3c(=O)n4c(Nc5ccc(OC)cc5)nc(Br)c4c(=O)n23)cc1. The van der Waals surface area contributed by atoms with E-state index in [0.717, 1.165) is 0 Å². The van der Waals surface area contributed by atoms with Crippen molar-refractivity contribution in [1.29, 1.82) is 0 Å². The van der Waals surface area contributed by atoms with Crippen molar-refractivity contribution in [2.75, 3.05) is 24.9 Å². The average Bonchev–Trinajstić information content (AvgIpc) is 3.35. The van der Waals surface area contributed by atoms with Gasteiger partial charge >= 0.3 is 0 Å². The Morgan fingerprint density at radius 2 is 1.03 bits per heavy atom. The molecule has 5 aromatic rings. The molecule has 172 valence electrons. The van der Waals surface area contributed by atoms with Gasteiger partial charge in [-0.2, -0.15) is 0 Å². The van der Waals surface area contributed by atoms with Crippen molar-refractivity contribution in [3.63, 3.8) is 0 Å². The maximum atomic E-state index is 13.5. The molecule has 0 spiro atoms. The van der Waals surface area contributed by atoms with E-state index in [4.69, 9.17) is 9.47 Å². The summed E-state index contributed by atoms with van der Waals surface area (Å²) >= 11 is 6.66. The quantitative estimate of drug-likeness (QED) is 0.304. The summed E-state index contributed by atoms with van der Waals surface area (Å²) in [6.45, 7) is 0. The highest BCUT2D eigenvalue weighted by molar-refractivity contribution is 9.10. The first-order valence-corrected chi connectivity index (χ1v) is 11.5. The number of ether oxygens (including phenoxy) is 2. The van der Waals surface area contributed by atoms with E-state index >= 15 is 0 Å². The molecule has 0 saturated heterocycles. The number of hydrogen-bond donors (Lipinski definition) is 2. The summed E-state index contributed by atoms with van der Waals surface area (Å²) in [6.07, 6.45) is 0. The van der Waals surface area contributed by atoms with Gasteiger partial charge in [-0.15, -0.1) is 0 Å². The van der Waals surface area contributed by atoms with Crippen molar-refractivity contribution in [1.82, 2.24) is 18.8 Å². The lowest BCUT2D eigenvalue weighted by Crippen LogP contribution is -2.27. The second kappa shape index (κ2) is 8.61. The highest BCUT2D eigenvalue weighted by atomic mass is 79.9. The highest BCUT2D eigenvalue weighted by Crippen LogP contribution is 2.26. The summed E-state index contributed by atoms with van der Waals surface area (Å²) in [5.74, 6) is 1.75. The molecule has 0 atom stereocenters. The van der Waals surface area contributed by atoms with Crippen LogP contribution in [-0.2, 0) is 0 Å². The summed E-state index contributed by atoms with van der Waals surface area (Å²) in [5.41, 5.74) is 0.562. The fourth-order valence-electron chi connectivity index (χ4n) is 3.54. The first-order chi connectivity index (χ1) is 16.4. The Kier molecular flexibility index (Phi) is 5.62. The van der Waals surface area contributed by atoms with Crippen LogP contribution in [0.15, 0.2) is 67.3 Å². The molecule has 0 radical (unpaired) electrons. The maximum Gasteiger partial charge on any atom is 0.285 e. The zero-order valence-electron chi connectivity index (χ0n) is 17.8. The smallest absolute Gasteiger partial charge is 0.285 e. The van der Waals surface area contributed by atoms with Gasteiger partial charge in [-0.1, -0.05) is 0 Å². The number of anilines is 4. The lowest BCUT2D eigenvalue weighted by Gasteiger charge is -2.07. The molecular weight excluding hydrogens is 572 g/mol. The number of methoxy groups -OCH3 is 2. The third-order valence-corrected chi connectivity index (χ3v) is 6.28. The molecule has 10 nitrogen and oxygen atoms in total. The first-order valence-electron chi connectivity index (χ1n) is 9.89. The van der Waals surface area contributed by atoms with E-state index < -0.39 is 11.1 Å². The summed E-state index contributed by atoms with van der Waals surface area (Å²) in [4.78, 5) is 35.7. The van der Waals surface area contributed by atoms with E-state index in [0.29, 0.717) is 22.9 Å². The molecule has 3 heterocycles. The molecule has 2 N–H and O–H groups in total. The fraction of sp³-hybridized carbons (Fsp3) is 0.0909. The largest absolute Gasteiger partial charge is 0.497 e. The number of rotatable bonds is 6. The third kappa shape index (κ3) is 3.64. The summed E-state index contributed by atoms with van der Waals surface area (Å²) in [7, 11) is 3.15. The normalized spacial score (nSPS) is 11.2. The Labute approximate surface area is 208 Å². The van der Waals surface area contributed by atoms with E-state index in [2.05, 4.69) is 52.5 Å². The minimum absolute atomic E-state index is 0.0798. The number of benzene rings is 2. The highest BCUT2D eigenvalue weighted by Gasteiger charge is 2.24. The predicted octanol–water partition coefficient (Wildman–Crippen LogP) is 4.17. The second-order valence-electron chi connectivity index (χ2n) is 7.14. The zero-order chi connectivity index (χ0) is 24.0. The van der Waals surface area contributed by atoms with Gasteiger partial charge in [0.05, 0.1) is 14.2 Å². The Hall–Kier alpha value is -3.64. The van der Waals surface area contributed by atoms with Crippen LogP contribution in [0.25, 0.3) is 11.0 Å². The van der Waals surface area contributed by atoms with Gasteiger partial charge in [-0.05, 0) is 80.4 Å². The maximum absolute atomic E-state index is 13.5. The summed E-state index contributed by atoms with van der Waals surface area (Å²) in [5, 5.41) is 6.17. The Balaban J connectivity index is 1.65. The minimum Gasteiger partial charge on any atom is -0.497 e. The molecule has 3 aromatic heterocycles. The summed E-state index contributed by atoms with van der Waals surface area (Å²) in [6, 6.07) is 14.2. The van der Waals surface area contributed by atoms with Crippen LogP contribution < -0.4 is 31.2 Å². The Morgan fingerprint density at radius 1 is 0.676 bits per heavy atom. The predicted molar refractivity (Wildman–Crippen MR) is 136 cm³/mol. The van der Waals surface area contributed by atoms with Crippen LogP contribution in [0.3, 0.4) is 0 Å². The molecule has 0 aliphatic rings. The molecule has 0 aliphatic heterocycles. The van der Waals surface area contributed by atoms with Crippen molar-refractivity contribution in [3.8, 4) is 11.5 Å². The molecule has 5 rings (SSSR count). The van der Waals surface area contributed by atoms with Gasteiger partial charge in [-0.25, -0.2) is 18.8 Å². The molecule has 0 saturated carbocycles. The van der Waals surface area contributed by atoms with E-state index in [1.165, 1.54) is 8.80 Å². The number of nitrogens with zero attached hydrogens (tertiary/aromatic N) is 4. The molecular formula is C22H16Br2N6O4. The van der Waals surface area contributed by atoms with Crippen molar-refractivity contribution in [2.24, 2.45) is 0 Å². The second-order valence-corrected chi connectivity index (χ2v) is 8.64. The number of imidazole rings is 2. The van der Waals surface area contributed by atoms with Crippen molar-refractivity contribution in [2.45, 2.75) is 0 Å². The summed E-state index contributed by atoms with van der Waals surface area (Å²) < 4.78 is 13.3. The lowest BCUT2D eigenvalue weighted by molar-refractivity contribution is 0.415. The van der Waals surface area contributed by atoms with Crippen molar-refractivity contribution in [3.05, 3.63) is 78.4 Å². The molecule has 0 bridgehead atoms. The van der Waals surface area contributed by atoms with E-state index in [9.17, 15) is 9.59 Å². The van der Waals surface area contributed by atoms with Crippen LogP contribution in [0.5, 0.6) is 11.5 Å². The zero-order valence-corrected chi connectivity index (χ0v) is 21.0. The molecule has 0 unspecified atom stereocenters. The minimum atomic E-state index is -0.467. The van der Waals surface area contributed by atoms with Crippen LogP contribution in [0.1, 0.15) is 0 Å². The van der Waals surface area contributed by atoms with Gasteiger partial charge in [0.1, 0.15) is 20.7 Å². The molecule has 0 amide bonds. The number of aromatic nitrogens is 4. The van der Waals surface area contributed by atoms with Crippen LogP contribution in [-0.4, -0.2) is 33.0 Å². The van der Waals surface area contributed by atoms with Gasteiger partial charge in [0.25, 0.3) is 11.1 Å². The third-order valence-electron chi connectivity index (χ3n) is 5.17. The van der Waals surface area contributed by atoms with Crippen LogP contribution in [0.4, 0.5) is 23.3 Å². The van der Waals surface area contributed by atoms with Gasteiger partial charge in [0.15, 0.2) is 11.0 Å². The van der Waals surface area contributed by atoms with Crippen LogP contribution in [0, 0.1) is 0 Å². The van der Waals surface area contributed by atoms with E-state index in [-0.39, 0.29) is 32.1 Å². The fourth-order valence-corrected chi connectivity index (χ4v) is 4.57. The topological polar surface area (TPSA) is 111 Å². The average molecular weight is 588 g/mol. The van der Waals surface area contributed by atoms with Gasteiger partial charge in [-0.3, -0.25) is 9.59 Å². The number of halogens is 2. The molecule has 0 fully saturated rings. The van der Waals surface area contributed by atoms with Crippen LogP contribution >= 0.6 is 31.9 Å². The van der Waals surface area contributed by atoms with E-state index in [1.54, 1.807) is 62.8 Å². The van der Waals surface area contributed by atoms with Crippen molar-refractivity contribution >= 4 is 66.2 Å². The standard InChI is InChI=1S/C22H16Br2N6O4/c1-33-13-7-3-11(4-8-13)25-21-27-17(23)15-20(32)30-16(19(31)29(15)21)18(24)28-22(30)26-12-5-9-14(34-2)10-6-12/h3-10H,1-2H3,(H,25,27)(H,26,28). The van der Waals surface area contributed by atoms with Crippen molar-refractivity contribution < 1.29 is 9.47 Å². The Morgan fingerprint density at radius 3 is 1.35 bits per heavy atom. The molecule has 2 aromatic carbocycles. The van der Waals surface area contributed by atoms with Gasteiger partial charge in [0, 0.05) is 11.4 Å². The number of hydrogen-bond acceptors (Lipinski definition) is 8. The lowest BCUT2D eigenvalue weighted by atomic mass is 10.3. The number of nitrogens with one attached hydrogen (secondary N) is 2. The first kappa shape index (κ1) is 22.2. The molecule has 12 heteroatoms. The Bertz CT molecular complexity index is 1510. The van der Waals surface area contributed by atoms with E-state index in [1.807, 2.05) is 0 Å². The van der Waals surface area contributed by atoms with Crippen LogP contribution in [0.2, 0.25) is 0 Å². The molecule has 34 heavy (non-hydrogen) atoms. The molecule has 0 aliphatic carbocycles. The monoisotopic (exact) mass is 586 g/mol.